The Morgan fingerprint density at radius 1 is 1.25 bits per heavy atom. The van der Waals surface area contributed by atoms with Crippen molar-refractivity contribution < 1.29 is 22.8 Å². The van der Waals surface area contributed by atoms with Gasteiger partial charge in [0, 0.05) is 12.0 Å². The Bertz CT molecular complexity index is 972. The number of nitro benzene ring substituents is 1. The van der Waals surface area contributed by atoms with Gasteiger partial charge < -0.3 is 10.1 Å². The van der Waals surface area contributed by atoms with Gasteiger partial charge in [0.05, 0.1) is 29.3 Å². The van der Waals surface area contributed by atoms with E-state index in [0.29, 0.717) is 17.5 Å². The summed E-state index contributed by atoms with van der Waals surface area (Å²) in [5.74, 6) is -0.0873. The van der Waals surface area contributed by atoms with Gasteiger partial charge in [-0.25, -0.2) is 0 Å². The molecule has 1 aliphatic heterocycles. The summed E-state index contributed by atoms with van der Waals surface area (Å²) in [5.41, 5.74) is 0.281. The van der Waals surface area contributed by atoms with Crippen LogP contribution in [-0.2, 0) is 6.18 Å². The highest BCUT2D eigenvalue weighted by molar-refractivity contribution is 5.65. The lowest BCUT2D eigenvalue weighted by molar-refractivity contribution is -0.385. The Morgan fingerprint density at radius 3 is 2.71 bits per heavy atom. The highest BCUT2D eigenvalue weighted by atomic mass is 19.4. The summed E-state index contributed by atoms with van der Waals surface area (Å²) in [6.07, 6.45) is 0.0640. The lowest BCUT2D eigenvalue weighted by Crippen LogP contribution is -2.30. The molecule has 146 valence electrons. The molecule has 2 aromatic rings. The van der Waals surface area contributed by atoms with E-state index in [0.717, 1.165) is 6.07 Å². The molecule has 0 unspecified atom stereocenters. The molecule has 0 radical (unpaired) electrons. The summed E-state index contributed by atoms with van der Waals surface area (Å²) in [6.45, 7) is 0. The molecule has 3 atom stereocenters. The van der Waals surface area contributed by atoms with Crippen LogP contribution in [0.5, 0.6) is 5.75 Å². The molecule has 1 N–H and O–H groups in total. The van der Waals surface area contributed by atoms with Crippen LogP contribution in [0.4, 0.5) is 24.5 Å². The fourth-order valence-corrected chi connectivity index (χ4v) is 4.23. The number of benzene rings is 2. The van der Waals surface area contributed by atoms with Gasteiger partial charge in [-0.1, -0.05) is 30.4 Å². The fraction of sp³-hybridized carbons (Fsp3) is 0.300. The molecule has 0 aromatic heterocycles. The molecule has 1 aliphatic carbocycles. The van der Waals surface area contributed by atoms with Gasteiger partial charge in [-0.2, -0.15) is 13.2 Å². The zero-order chi connectivity index (χ0) is 20.1. The van der Waals surface area contributed by atoms with E-state index in [1.807, 2.05) is 12.2 Å². The van der Waals surface area contributed by atoms with Crippen LogP contribution in [0.25, 0.3) is 0 Å². The molecule has 8 heteroatoms. The predicted molar refractivity (Wildman–Crippen MR) is 97.4 cm³/mol. The second-order valence-electron chi connectivity index (χ2n) is 6.93. The van der Waals surface area contributed by atoms with Crippen LogP contribution >= 0.6 is 0 Å². The van der Waals surface area contributed by atoms with Gasteiger partial charge in [0.15, 0.2) is 5.75 Å². The van der Waals surface area contributed by atoms with Gasteiger partial charge in [0.25, 0.3) is 0 Å². The topological polar surface area (TPSA) is 64.4 Å². The number of nitrogens with one attached hydrogen (secondary N) is 1. The SMILES string of the molecule is COc1ccc([C@H]2Nc3c(cccc3C(F)(F)F)[C@@H]3C=CC[C@H]23)cc1[N+](=O)[O-]. The Labute approximate surface area is 159 Å². The van der Waals surface area contributed by atoms with Crippen molar-refractivity contribution in [3.05, 3.63) is 75.4 Å². The summed E-state index contributed by atoms with van der Waals surface area (Å²) in [7, 11) is 1.34. The summed E-state index contributed by atoms with van der Waals surface area (Å²) >= 11 is 0. The van der Waals surface area contributed by atoms with E-state index in [1.165, 1.54) is 25.3 Å². The number of nitrogens with zero attached hydrogens (tertiary/aromatic N) is 1. The van der Waals surface area contributed by atoms with E-state index in [1.54, 1.807) is 12.1 Å². The molecule has 2 aliphatic rings. The lowest BCUT2D eigenvalue weighted by Gasteiger charge is -2.38. The van der Waals surface area contributed by atoms with Crippen molar-refractivity contribution in [1.82, 2.24) is 0 Å². The molecular weight excluding hydrogens is 373 g/mol. The van der Waals surface area contributed by atoms with Gasteiger partial charge in [0.1, 0.15) is 0 Å². The summed E-state index contributed by atoms with van der Waals surface area (Å²) in [4.78, 5) is 10.8. The number of hydrogen-bond acceptors (Lipinski definition) is 4. The van der Waals surface area contributed by atoms with E-state index in [-0.39, 0.29) is 29.0 Å². The Balaban J connectivity index is 1.83. The zero-order valence-corrected chi connectivity index (χ0v) is 14.9. The third-order valence-corrected chi connectivity index (χ3v) is 5.46. The van der Waals surface area contributed by atoms with E-state index in [4.69, 9.17) is 4.74 Å². The zero-order valence-electron chi connectivity index (χ0n) is 14.9. The van der Waals surface area contributed by atoms with Crippen molar-refractivity contribution >= 4 is 11.4 Å². The van der Waals surface area contributed by atoms with Crippen molar-refractivity contribution in [2.45, 2.75) is 24.6 Å². The van der Waals surface area contributed by atoms with E-state index < -0.39 is 22.7 Å². The summed E-state index contributed by atoms with van der Waals surface area (Å²) in [5, 5.41) is 14.4. The van der Waals surface area contributed by atoms with Gasteiger partial charge in [-0.15, -0.1) is 0 Å². The quantitative estimate of drug-likeness (QED) is 0.430. The van der Waals surface area contributed by atoms with Crippen LogP contribution in [0.3, 0.4) is 0 Å². The first kappa shape index (κ1) is 18.3. The number of halogens is 3. The largest absolute Gasteiger partial charge is 0.490 e. The number of rotatable bonds is 3. The molecular formula is C20H17F3N2O3. The molecule has 0 saturated carbocycles. The van der Waals surface area contributed by atoms with Crippen LogP contribution in [0.1, 0.15) is 35.1 Å². The number of allylic oxidation sites excluding steroid dienone is 2. The van der Waals surface area contributed by atoms with Crippen molar-refractivity contribution in [1.29, 1.82) is 0 Å². The maximum absolute atomic E-state index is 13.6. The average molecular weight is 390 g/mol. The number of ether oxygens (including phenoxy) is 1. The number of alkyl halides is 3. The highest BCUT2D eigenvalue weighted by Gasteiger charge is 2.43. The van der Waals surface area contributed by atoms with E-state index >= 15 is 0 Å². The summed E-state index contributed by atoms with van der Waals surface area (Å²) in [6, 6.07) is 8.23. The van der Waals surface area contributed by atoms with Crippen LogP contribution in [0.2, 0.25) is 0 Å². The monoisotopic (exact) mass is 390 g/mol. The van der Waals surface area contributed by atoms with Crippen molar-refractivity contribution in [3.63, 3.8) is 0 Å². The van der Waals surface area contributed by atoms with Gasteiger partial charge >= 0.3 is 11.9 Å². The molecule has 0 fully saturated rings. The number of hydrogen-bond donors (Lipinski definition) is 1. The predicted octanol–water partition coefficient (Wildman–Crippen LogP) is 5.45. The van der Waals surface area contributed by atoms with Crippen LogP contribution in [0.15, 0.2) is 48.6 Å². The number of nitro groups is 1. The first-order valence-corrected chi connectivity index (χ1v) is 8.77. The minimum atomic E-state index is -4.50. The molecule has 0 saturated heterocycles. The van der Waals surface area contributed by atoms with Gasteiger partial charge in [-0.05, 0) is 35.6 Å². The van der Waals surface area contributed by atoms with Crippen LogP contribution < -0.4 is 10.1 Å². The summed E-state index contributed by atoms with van der Waals surface area (Å²) < 4.78 is 45.7. The standard InChI is InChI=1S/C20H17F3N2O3/c1-28-17-9-8-11(10-16(17)25(26)27)18-13-5-2-4-12(13)14-6-3-7-15(19(14)24-18)20(21,22)23/h2-4,6-10,12-13,18,24H,5H2,1H3/t12-,13+,18-/m1/s1. The highest BCUT2D eigenvalue weighted by Crippen LogP contribution is 2.53. The molecule has 0 amide bonds. The molecule has 5 nitrogen and oxygen atoms in total. The molecule has 0 bridgehead atoms. The van der Waals surface area contributed by atoms with Gasteiger partial charge in [0.2, 0.25) is 0 Å². The maximum atomic E-state index is 13.6. The van der Waals surface area contributed by atoms with Gasteiger partial charge in [-0.3, -0.25) is 10.1 Å². The number of para-hydroxylation sites is 1. The fourth-order valence-electron chi connectivity index (χ4n) is 4.23. The molecule has 2 aromatic carbocycles. The average Bonchev–Trinajstić information content (AvgIpc) is 3.15. The van der Waals surface area contributed by atoms with Crippen LogP contribution in [-0.4, -0.2) is 12.0 Å². The van der Waals surface area contributed by atoms with Crippen molar-refractivity contribution in [2.75, 3.05) is 12.4 Å². The molecule has 4 rings (SSSR count). The van der Waals surface area contributed by atoms with E-state index in [2.05, 4.69) is 5.32 Å². The van der Waals surface area contributed by atoms with Crippen molar-refractivity contribution in [2.24, 2.45) is 5.92 Å². The minimum Gasteiger partial charge on any atom is -0.490 e. The smallest absolute Gasteiger partial charge is 0.418 e. The number of methoxy groups -OCH3 is 1. The normalized spacial score (nSPS) is 22.9. The number of anilines is 1. The molecule has 0 spiro atoms. The Hall–Kier alpha value is -3.03. The molecule has 28 heavy (non-hydrogen) atoms. The minimum absolute atomic E-state index is 0.0241. The lowest BCUT2D eigenvalue weighted by atomic mass is 9.76. The first-order chi connectivity index (χ1) is 13.3. The van der Waals surface area contributed by atoms with E-state index in [9.17, 15) is 23.3 Å². The maximum Gasteiger partial charge on any atom is 0.418 e. The molecule has 1 heterocycles. The van der Waals surface area contributed by atoms with Crippen LogP contribution in [0, 0.1) is 16.0 Å². The Kier molecular flexibility index (Phi) is 4.28. The number of fused-ring (bicyclic) bond motifs is 3. The first-order valence-electron chi connectivity index (χ1n) is 8.77. The second-order valence-corrected chi connectivity index (χ2v) is 6.93. The third-order valence-electron chi connectivity index (χ3n) is 5.46. The van der Waals surface area contributed by atoms with Crippen molar-refractivity contribution in [3.8, 4) is 5.75 Å². The Morgan fingerprint density at radius 2 is 2.04 bits per heavy atom. The third kappa shape index (κ3) is 2.89. The second kappa shape index (κ2) is 6.54.